The highest BCUT2D eigenvalue weighted by molar-refractivity contribution is 6.45. The molecule has 0 saturated carbocycles. The molecule has 9 heteroatoms. The molecule has 1 aromatic carbocycles. The molecule has 1 N–H and O–H groups in total. The number of hydrogen-bond donors (Lipinski definition) is 1. The molecule has 2 aromatic heterocycles. The van der Waals surface area contributed by atoms with Gasteiger partial charge >= 0.3 is 5.97 Å². The second kappa shape index (κ2) is 9.23. The fraction of sp³-hybridized carbons (Fsp3) is 0.316. The van der Waals surface area contributed by atoms with Crippen LogP contribution >= 0.6 is 23.2 Å². The summed E-state index contributed by atoms with van der Waals surface area (Å²) in [5, 5.41) is 10.4. The zero-order valence-corrected chi connectivity index (χ0v) is 16.8. The van der Waals surface area contributed by atoms with Gasteiger partial charge in [0.15, 0.2) is 0 Å². The van der Waals surface area contributed by atoms with Crippen LogP contribution in [-0.4, -0.2) is 52.4 Å². The van der Waals surface area contributed by atoms with Gasteiger partial charge in [0.2, 0.25) is 0 Å². The molecular formula is C19H20Cl2N4O3. The predicted molar refractivity (Wildman–Crippen MR) is 110 cm³/mol. The predicted octanol–water partition coefficient (Wildman–Crippen LogP) is 4.04. The molecule has 0 unspecified atom stereocenters. The van der Waals surface area contributed by atoms with Crippen molar-refractivity contribution in [3.05, 3.63) is 47.0 Å². The lowest BCUT2D eigenvalue weighted by atomic mass is 10.1. The summed E-state index contributed by atoms with van der Waals surface area (Å²) in [5.74, 6) is -0.119. The van der Waals surface area contributed by atoms with Crippen molar-refractivity contribution in [2.45, 2.75) is 12.8 Å². The summed E-state index contributed by atoms with van der Waals surface area (Å²) in [4.78, 5) is 21.3. The molecule has 0 saturated heterocycles. The van der Waals surface area contributed by atoms with E-state index in [1.54, 1.807) is 18.6 Å². The van der Waals surface area contributed by atoms with Gasteiger partial charge in [0.1, 0.15) is 5.82 Å². The first-order chi connectivity index (χ1) is 13.5. The molecule has 0 bridgehead atoms. The Morgan fingerprint density at radius 2 is 2.14 bits per heavy atom. The number of ether oxygens (including phenoxy) is 1. The Kier molecular flexibility index (Phi) is 6.72. The van der Waals surface area contributed by atoms with Gasteiger partial charge in [-0.05, 0) is 18.6 Å². The highest BCUT2D eigenvalue weighted by Gasteiger charge is 2.14. The third kappa shape index (κ3) is 4.73. The summed E-state index contributed by atoms with van der Waals surface area (Å²) in [5.41, 5.74) is 1.53. The third-order valence-corrected chi connectivity index (χ3v) is 5.05. The number of carbonyl (C=O) groups is 1. The lowest BCUT2D eigenvalue weighted by Crippen LogP contribution is -2.21. The van der Waals surface area contributed by atoms with Crippen molar-refractivity contribution in [2.75, 3.05) is 31.7 Å². The smallest absolute Gasteiger partial charge is 0.305 e. The lowest BCUT2D eigenvalue weighted by molar-refractivity contribution is -0.138. The standard InChI is InChI=1S/C19H20Cl2N4O3/c1-24(7-2-9-28-10-5-17(26)27)16-11-15(25-8-6-22-12-25)13-3-4-14(20)18(21)19(13)23-16/h3-4,6,8,11-12H,2,5,7,9-10H2,1H3,(H,26,27). The zero-order valence-electron chi connectivity index (χ0n) is 15.3. The van der Waals surface area contributed by atoms with E-state index in [9.17, 15) is 4.79 Å². The Morgan fingerprint density at radius 3 is 2.86 bits per heavy atom. The van der Waals surface area contributed by atoms with Crippen molar-refractivity contribution >= 4 is 45.9 Å². The summed E-state index contributed by atoms with van der Waals surface area (Å²) in [6, 6.07) is 5.62. The minimum Gasteiger partial charge on any atom is -0.481 e. The molecule has 0 amide bonds. The number of imidazole rings is 1. The number of hydrogen-bond acceptors (Lipinski definition) is 5. The van der Waals surface area contributed by atoms with Crippen molar-refractivity contribution in [2.24, 2.45) is 0 Å². The molecule has 0 radical (unpaired) electrons. The molecule has 0 atom stereocenters. The summed E-state index contributed by atoms with van der Waals surface area (Å²) in [7, 11) is 1.93. The van der Waals surface area contributed by atoms with E-state index in [4.69, 9.17) is 38.0 Å². The lowest BCUT2D eigenvalue weighted by Gasteiger charge is -2.20. The van der Waals surface area contributed by atoms with Crippen molar-refractivity contribution in [1.29, 1.82) is 0 Å². The Morgan fingerprint density at radius 1 is 1.32 bits per heavy atom. The van der Waals surface area contributed by atoms with Gasteiger partial charge < -0.3 is 19.3 Å². The second-order valence-electron chi connectivity index (χ2n) is 6.26. The van der Waals surface area contributed by atoms with Crippen molar-refractivity contribution < 1.29 is 14.6 Å². The molecule has 3 aromatic rings. The molecule has 0 fully saturated rings. The quantitative estimate of drug-likeness (QED) is 0.524. The Balaban J connectivity index is 1.81. The minimum atomic E-state index is -0.861. The molecule has 0 aliphatic carbocycles. The maximum Gasteiger partial charge on any atom is 0.305 e. The number of benzene rings is 1. The normalized spacial score (nSPS) is 11.1. The highest BCUT2D eigenvalue weighted by atomic mass is 35.5. The first-order valence-corrected chi connectivity index (χ1v) is 9.50. The largest absolute Gasteiger partial charge is 0.481 e. The molecular weight excluding hydrogens is 403 g/mol. The maximum atomic E-state index is 10.5. The number of aromatic nitrogens is 3. The topological polar surface area (TPSA) is 80.5 Å². The van der Waals surface area contributed by atoms with Crippen LogP contribution < -0.4 is 4.90 Å². The summed E-state index contributed by atoms with van der Waals surface area (Å²) in [6.45, 7) is 1.38. The SMILES string of the molecule is CN(CCCOCCC(=O)O)c1cc(-n2ccnc2)c2ccc(Cl)c(Cl)c2n1. The number of anilines is 1. The number of rotatable bonds is 9. The van der Waals surface area contributed by atoms with Crippen molar-refractivity contribution in [3.8, 4) is 5.69 Å². The minimum absolute atomic E-state index is 0.00952. The molecule has 3 rings (SSSR count). The van der Waals surface area contributed by atoms with Crippen LogP contribution in [0, 0.1) is 0 Å². The van der Waals surface area contributed by atoms with Gasteiger partial charge in [-0.2, -0.15) is 0 Å². The zero-order chi connectivity index (χ0) is 20.1. The number of halogens is 2. The van der Waals surface area contributed by atoms with Crippen LogP contribution in [0.15, 0.2) is 36.9 Å². The van der Waals surface area contributed by atoms with E-state index in [1.807, 2.05) is 34.8 Å². The Bertz CT molecular complexity index is 963. The fourth-order valence-electron chi connectivity index (χ4n) is 2.79. The van der Waals surface area contributed by atoms with Gasteiger partial charge in [0.05, 0.1) is 40.6 Å². The average Bonchev–Trinajstić information content (AvgIpc) is 3.21. The molecule has 0 aliphatic rings. The van der Waals surface area contributed by atoms with Gasteiger partial charge in [-0.3, -0.25) is 4.79 Å². The van der Waals surface area contributed by atoms with E-state index >= 15 is 0 Å². The van der Waals surface area contributed by atoms with Gasteiger partial charge in [-0.25, -0.2) is 9.97 Å². The van der Waals surface area contributed by atoms with E-state index in [0.29, 0.717) is 28.7 Å². The summed E-state index contributed by atoms with van der Waals surface area (Å²) < 4.78 is 7.24. The van der Waals surface area contributed by atoms with E-state index in [0.717, 1.165) is 23.3 Å². The van der Waals surface area contributed by atoms with Crippen LogP contribution in [-0.2, 0) is 9.53 Å². The van der Waals surface area contributed by atoms with Gasteiger partial charge in [-0.15, -0.1) is 0 Å². The second-order valence-corrected chi connectivity index (χ2v) is 7.04. The molecule has 0 spiro atoms. The van der Waals surface area contributed by atoms with Gasteiger partial charge in [0, 0.05) is 44.0 Å². The number of aliphatic carboxylic acids is 1. The van der Waals surface area contributed by atoms with Crippen LogP contribution in [0.25, 0.3) is 16.6 Å². The highest BCUT2D eigenvalue weighted by Crippen LogP contribution is 2.34. The Hall–Kier alpha value is -2.35. The molecule has 2 heterocycles. The van der Waals surface area contributed by atoms with Crippen LogP contribution in [0.4, 0.5) is 5.82 Å². The molecule has 7 nitrogen and oxygen atoms in total. The number of nitrogens with zero attached hydrogens (tertiary/aromatic N) is 4. The van der Waals surface area contributed by atoms with E-state index in [2.05, 4.69) is 4.98 Å². The monoisotopic (exact) mass is 422 g/mol. The van der Waals surface area contributed by atoms with Crippen LogP contribution in [0.2, 0.25) is 10.0 Å². The number of carboxylic acids is 1. The molecule has 148 valence electrons. The molecule has 0 aliphatic heterocycles. The third-order valence-electron chi connectivity index (χ3n) is 4.25. The first kappa shape index (κ1) is 20.4. The van der Waals surface area contributed by atoms with Crippen molar-refractivity contribution in [3.63, 3.8) is 0 Å². The maximum absolute atomic E-state index is 10.5. The Labute approximate surface area is 172 Å². The van der Waals surface area contributed by atoms with Crippen molar-refractivity contribution in [1.82, 2.24) is 14.5 Å². The summed E-state index contributed by atoms with van der Waals surface area (Å²) >= 11 is 12.6. The number of carboxylic acid groups (broad SMARTS) is 1. The molecule has 28 heavy (non-hydrogen) atoms. The van der Waals surface area contributed by atoms with Gasteiger partial charge in [0.25, 0.3) is 0 Å². The van der Waals surface area contributed by atoms with E-state index < -0.39 is 5.97 Å². The number of fused-ring (bicyclic) bond motifs is 1. The summed E-state index contributed by atoms with van der Waals surface area (Å²) in [6.07, 6.45) is 6.03. The van der Waals surface area contributed by atoms with E-state index in [1.165, 1.54) is 0 Å². The number of pyridine rings is 1. The van der Waals surface area contributed by atoms with Crippen LogP contribution in [0.5, 0.6) is 0 Å². The van der Waals surface area contributed by atoms with Crippen LogP contribution in [0.3, 0.4) is 0 Å². The van der Waals surface area contributed by atoms with E-state index in [-0.39, 0.29) is 13.0 Å². The average molecular weight is 423 g/mol. The van der Waals surface area contributed by atoms with Gasteiger partial charge in [-0.1, -0.05) is 23.2 Å². The first-order valence-electron chi connectivity index (χ1n) is 8.75. The fourth-order valence-corrected chi connectivity index (χ4v) is 3.15. The van der Waals surface area contributed by atoms with Crippen LogP contribution in [0.1, 0.15) is 12.8 Å².